The second-order valence-corrected chi connectivity index (χ2v) is 5.83. The van der Waals surface area contributed by atoms with Crippen molar-refractivity contribution in [3.05, 3.63) is 35.9 Å². The van der Waals surface area contributed by atoms with Gasteiger partial charge in [0.2, 0.25) is 0 Å². The SMILES string of the molecule is CC(=O)O[C@H]([C@@H](OC(C)=O)c1ccccc1)[C@@H](OC(C)=O)C(C)C. The first-order valence-corrected chi connectivity index (χ1v) is 7.79. The molecule has 0 radical (unpaired) electrons. The van der Waals surface area contributed by atoms with Gasteiger partial charge in [0.15, 0.2) is 12.2 Å². The summed E-state index contributed by atoms with van der Waals surface area (Å²) in [5, 5.41) is 0. The van der Waals surface area contributed by atoms with Crippen LogP contribution in [0.2, 0.25) is 0 Å². The molecule has 0 N–H and O–H groups in total. The van der Waals surface area contributed by atoms with Gasteiger partial charge in [-0.25, -0.2) is 0 Å². The Kier molecular flexibility index (Phi) is 7.42. The van der Waals surface area contributed by atoms with Crippen LogP contribution < -0.4 is 0 Å². The van der Waals surface area contributed by atoms with Gasteiger partial charge in [-0.1, -0.05) is 44.2 Å². The highest BCUT2D eigenvalue weighted by atomic mass is 16.6. The Morgan fingerprint density at radius 2 is 1.21 bits per heavy atom. The molecule has 0 aliphatic carbocycles. The van der Waals surface area contributed by atoms with Crippen molar-refractivity contribution in [1.29, 1.82) is 0 Å². The highest BCUT2D eigenvalue weighted by molar-refractivity contribution is 5.68. The van der Waals surface area contributed by atoms with Gasteiger partial charge in [-0.05, 0) is 11.5 Å². The van der Waals surface area contributed by atoms with Crippen LogP contribution in [0.1, 0.15) is 46.3 Å². The number of benzene rings is 1. The fraction of sp³-hybridized carbons (Fsp3) is 0.500. The Morgan fingerprint density at radius 1 is 0.750 bits per heavy atom. The fourth-order valence-electron chi connectivity index (χ4n) is 2.41. The van der Waals surface area contributed by atoms with Crippen molar-refractivity contribution in [3.8, 4) is 0 Å². The Labute approximate surface area is 142 Å². The largest absolute Gasteiger partial charge is 0.458 e. The van der Waals surface area contributed by atoms with Crippen LogP contribution in [0.4, 0.5) is 0 Å². The zero-order chi connectivity index (χ0) is 18.3. The molecular weight excluding hydrogens is 312 g/mol. The first-order chi connectivity index (χ1) is 11.2. The number of rotatable bonds is 7. The predicted octanol–water partition coefficient (Wildman–Crippen LogP) is 2.81. The minimum absolute atomic E-state index is 0.153. The summed E-state index contributed by atoms with van der Waals surface area (Å²) < 4.78 is 16.2. The molecule has 0 bridgehead atoms. The van der Waals surface area contributed by atoms with E-state index in [-0.39, 0.29) is 5.92 Å². The predicted molar refractivity (Wildman–Crippen MR) is 86.9 cm³/mol. The van der Waals surface area contributed by atoms with Gasteiger partial charge in [-0.15, -0.1) is 0 Å². The van der Waals surface area contributed by atoms with Crippen molar-refractivity contribution in [2.45, 2.75) is 52.9 Å². The van der Waals surface area contributed by atoms with E-state index in [1.165, 1.54) is 20.8 Å². The van der Waals surface area contributed by atoms with Gasteiger partial charge in [-0.2, -0.15) is 0 Å². The minimum atomic E-state index is -0.947. The monoisotopic (exact) mass is 336 g/mol. The lowest BCUT2D eigenvalue weighted by atomic mass is 9.93. The van der Waals surface area contributed by atoms with Gasteiger partial charge in [0, 0.05) is 20.8 Å². The standard InChI is InChI=1S/C18H24O6/c1-11(2)16(22-12(3)19)18(24-14(5)21)17(23-13(4)20)15-9-7-6-8-10-15/h6-11,16-18H,1-5H3/t16-,17-,18-/m0/s1. The molecule has 0 amide bonds. The topological polar surface area (TPSA) is 78.9 Å². The lowest BCUT2D eigenvalue weighted by Gasteiger charge is -2.34. The summed E-state index contributed by atoms with van der Waals surface area (Å²) >= 11 is 0. The van der Waals surface area contributed by atoms with Gasteiger partial charge in [0.1, 0.15) is 6.10 Å². The molecule has 1 aromatic rings. The molecule has 0 spiro atoms. The molecule has 3 atom stereocenters. The van der Waals surface area contributed by atoms with E-state index >= 15 is 0 Å². The van der Waals surface area contributed by atoms with Crippen molar-refractivity contribution in [1.82, 2.24) is 0 Å². The van der Waals surface area contributed by atoms with Crippen molar-refractivity contribution in [3.63, 3.8) is 0 Å². The maximum Gasteiger partial charge on any atom is 0.303 e. The zero-order valence-electron chi connectivity index (χ0n) is 14.6. The highest BCUT2D eigenvalue weighted by Crippen LogP contribution is 2.30. The average Bonchev–Trinajstić information content (AvgIpc) is 2.48. The Balaban J connectivity index is 3.31. The average molecular weight is 336 g/mol. The van der Waals surface area contributed by atoms with Crippen molar-refractivity contribution in [2.75, 3.05) is 0 Å². The van der Waals surface area contributed by atoms with E-state index in [1.807, 2.05) is 19.9 Å². The smallest absolute Gasteiger partial charge is 0.303 e. The highest BCUT2D eigenvalue weighted by Gasteiger charge is 2.39. The third kappa shape index (κ3) is 6.02. The molecular formula is C18H24O6. The van der Waals surface area contributed by atoms with Crippen molar-refractivity contribution >= 4 is 17.9 Å². The molecule has 0 aromatic heterocycles. The van der Waals surface area contributed by atoms with E-state index in [1.54, 1.807) is 24.3 Å². The quantitative estimate of drug-likeness (QED) is 0.563. The molecule has 0 saturated heterocycles. The number of hydrogen-bond acceptors (Lipinski definition) is 6. The van der Waals surface area contributed by atoms with Crippen molar-refractivity contribution < 1.29 is 28.6 Å². The van der Waals surface area contributed by atoms with E-state index in [9.17, 15) is 14.4 Å². The van der Waals surface area contributed by atoms with E-state index in [0.29, 0.717) is 5.56 Å². The molecule has 0 fully saturated rings. The molecule has 1 rings (SSSR count). The van der Waals surface area contributed by atoms with Gasteiger partial charge in [0.05, 0.1) is 0 Å². The van der Waals surface area contributed by atoms with Crippen LogP contribution in [0.15, 0.2) is 30.3 Å². The molecule has 0 unspecified atom stereocenters. The molecule has 0 saturated carbocycles. The number of carbonyl (C=O) groups excluding carboxylic acids is 3. The van der Waals surface area contributed by atoms with E-state index in [2.05, 4.69) is 0 Å². The lowest BCUT2D eigenvalue weighted by Crippen LogP contribution is -2.43. The van der Waals surface area contributed by atoms with E-state index < -0.39 is 36.2 Å². The normalized spacial score (nSPS) is 14.4. The summed E-state index contributed by atoms with van der Waals surface area (Å²) in [6, 6.07) is 8.91. The molecule has 0 heterocycles. The van der Waals surface area contributed by atoms with E-state index in [0.717, 1.165) is 0 Å². The van der Waals surface area contributed by atoms with Crippen LogP contribution in [0.3, 0.4) is 0 Å². The molecule has 24 heavy (non-hydrogen) atoms. The van der Waals surface area contributed by atoms with Crippen molar-refractivity contribution in [2.24, 2.45) is 5.92 Å². The Morgan fingerprint density at radius 3 is 1.62 bits per heavy atom. The maximum atomic E-state index is 11.6. The van der Waals surface area contributed by atoms with E-state index in [4.69, 9.17) is 14.2 Å². The summed E-state index contributed by atoms with van der Waals surface area (Å²) in [5.41, 5.74) is 0.650. The first-order valence-electron chi connectivity index (χ1n) is 7.79. The van der Waals surface area contributed by atoms with Gasteiger partial charge >= 0.3 is 17.9 Å². The summed E-state index contributed by atoms with van der Waals surface area (Å²) in [7, 11) is 0. The van der Waals surface area contributed by atoms with Crippen LogP contribution in [0.5, 0.6) is 0 Å². The Bertz CT molecular complexity index is 566. The van der Waals surface area contributed by atoms with Crippen LogP contribution in [0, 0.1) is 5.92 Å². The molecule has 0 aliphatic rings. The number of carbonyl (C=O) groups is 3. The third-order valence-corrected chi connectivity index (χ3v) is 3.30. The number of hydrogen-bond donors (Lipinski definition) is 0. The number of esters is 3. The maximum absolute atomic E-state index is 11.6. The van der Waals surface area contributed by atoms with Gasteiger partial charge in [-0.3, -0.25) is 14.4 Å². The number of ether oxygens (including phenoxy) is 3. The molecule has 132 valence electrons. The summed E-state index contributed by atoms with van der Waals surface area (Å²) in [6.07, 6.45) is -2.58. The lowest BCUT2D eigenvalue weighted by molar-refractivity contribution is -0.187. The second-order valence-electron chi connectivity index (χ2n) is 5.83. The summed E-state index contributed by atoms with van der Waals surface area (Å²) in [5.74, 6) is -1.72. The molecule has 1 aromatic carbocycles. The van der Waals surface area contributed by atoms with Crippen LogP contribution in [-0.4, -0.2) is 30.1 Å². The zero-order valence-corrected chi connectivity index (χ0v) is 14.6. The second kappa shape index (κ2) is 9.05. The fourth-order valence-corrected chi connectivity index (χ4v) is 2.41. The third-order valence-electron chi connectivity index (χ3n) is 3.30. The van der Waals surface area contributed by atoms with Gasteiger partial charge in [0.25, 0.3) is 0 Å². The molecule has 0 aliphatic heterocycles. The molecule has 6 nitrogen and oxygen atoms in total. The van der Waals surface area contributed by atoms with Crippen LogP contribution in [-0.2, 0) is 28.6 Å². The summed E-state index contributed by atoms with van der Waals surface area (Å²) in [4.78, 5) is 34.6. The van der Waals surface area contributed by atoms with Gasteiger partial charge < -0.3 is 14.2 Å². The Hall–Kier alpha value is -2.37. The summed E-state index contributed by atoms with van der Waals surface area (Å²) in [6.45, 7) is 7.48. The van der Waals surface area contributed by atoms with Crippen LogP contribution in [0.25, 0.3) is 0 Å². The first kappa shape index (κ1) is 19.7. The minimum Gasteiger partial charge on any atom is -0.458 e. The van der Waals surface area contributed by atoms with Crippen LogP contribution >= 0.6 is 0 Å². The molecule has 6 heteroatoms.